The van der Waals surface area contributed by atoms with Gasteiger partial charge in [0.05, 0.1) is 17.2 Å². The van der Waals surface area contributed by atoms with E-state index in [0.717, 1.165) is 58.2 Å². The number of piperidine rings is 1. The van der Waals surface area contributed by atoms with Gasteiger partial charge in [-0.15, -0.1) is 0 Å². The first-order valence-electron chi connectivity index (χ1n) is 11.0. The third kappa shape index (κ3) is 6.11. The molecule has 0 saturated carbocycles. The molecule has 2 amide bonds. The zero-order valence-corrected chi connectivity index (χ0v) is 18.8. The van der Waals surface area contributed by atoms with E-state index in [1.807, 2.05) is 4.90 Å². The number of hydrogen-bond donors (Lipinski definition) is 0. The minimum absolute atomic E-state index is 0.116. The van der Waals surface area contributed by atoms with Crippen molar-refractivity contribution in [2.45, 2.75) is 51.0 Å². The molecule has 1 atom stereocenters. The Balaban J connectivity index is 1.31. The third-order valence-corrected chi connectivity index (χ3v) is 6.30. The highest BCUT2D eigenvalue weighted by molar-refractivity contribution is 6.34. The van der Waals surface area contributed by atoms with Gasteiger partial charge in [0.25, 0.3) is 11.8 Å². The highest BCUT2D eigenvalue weighted by atomic mass is 35.5. The summed E-state index contributed by atoms with van der Waals surface area (Å²) < 4.78 is 11.3. The van der Waals surface area contributed by atoms with Crippen molar-refractivity contribution in [1.29, 1.82) is 0 Å². The fourth-order valence-corrected chi connectivity index (χ4v) is 4.39. The molecular formula is C23H33ClN2O4. The summed E-state index contributed by atoms with van der Waals surface area (Å²) in [4.78, 5) is 27.9. The average Bonchev–Trinajstić information content (AvgIpc) is 3.28. The van der Waals surface area contributed by atoms with E-state index in [4.69, 9.17) is 21.1 Å². The number of ether oxygens (including phenoxy) is 2. The molecule has 2 aliphatic rings. The molecule has 2 saturated heterocycles. The van der Waals surface area contributed by atoms with Crippen LogP contribution in [0, 0.1) is 5.92 Å². The minimum atomic E-state index is -0.192. The van der Waals surface area contributed by atoms with Crippen molar-refractivity contribution >= 4 is 23.4 Å². The van der Waals surface area contributed by atoms with Crippen molar-refractivity contribution in [3.05, 3.63) is 28.8 Å². The average molecular weight is 437 g/mol. The van der Waals surface area contributed by atoms with Crippen LogP contribution in [0.5, 0.6) is 5.75 Å². The largest absolute Gasteiger partial charge is 0.494 e. The Bertz CT molecular complexity index is 726. The number of carbonyl (C=O) groups excluding carboxylic acids is 2. The Morgan fingerprint density at radius 2 is 1.97 bits per heavy atom. The Kier molecular flexibility index (Phi) is 8.40. The molecule has 0 bridgehead atoms. The quantitative estimate of drug-likeness (QED) is 0.578. The maximum Gasteiger partial charge on any atom is 0.254 e. The van der Waals surface area contributed by atoms with Crippen molar-refractivity contribution in [2.75, 3.05) is 40.4 Å². The Morgan fingerprint density at radius 3 is 2.60 bits per heavy atom. The summed E-state index contributed by atoms with van der Waals surface area (Å²) in [6.07, 6.45) is 7.09. The summed E-state index contributed by atoms with van der Waals surface area (Å²) >= 11 is 6.22. The first-order valence-corrected chi connectivity index (χ1v) is 11.4. The Labute approximate surface area is 184 Å². The first kappa shape index (κ1) is 22.9. The van der Waals surface area contributed by atoms with Crippen molar-refractivity contribution in [2.24, 2.45) is 5.92 Å². The maximum absolute atomic E-state index is 12.4. The number of carbonyl (C=O) groups is 2. The van der Waals surface area contributed by atoms with E-state index in [1.54, 1.807) is 32.3 Å². The van der Waals surface area contributed by atoms with Crippen molar-refractivity contribution in [3.8, 4) is 5.75 Å². The van der Waals surface area contributed by atoms with Gasteiger partial charge in [0, 0.05) is 33.8 Å². The lowest BCUT2D eigenvalue weighted by atomic mass is 9.91. The maximum atomic E-state index is 12.4. The Morgan fingerprint density at radius 1 is 1.20 bits per heavy atom. The molecule has 0 spiro atoms. The second-order valence-corrected chi connectivity index (χ2v) is 8.86. The van der Waals surface area contributed by atoms with E-state index >= 15 is 0 Å². The first-order chi connectivity index (χ1) is 14.5. The normalized spacial score (nSPS) is 19.7. The smallest absolute Gasteiger partial charge is 0.254 e. The lowest BCUT2D eigenvalue weighted by Gasteiger charge is -2.33. The van der Waals surface area contributed by atoms with Gasteiger partial charge in [0.1, 0.15) is 11.9 Å². The highest BCUT2D eigenvalue weighted by Crippen LogP contribution is 2.26. The second-order valence-electron chi connectivity index (χ2n) is 8.46. The molecule has 0 radical (unpaired) electrons. The lowest BCUT2D eigenvalue weighted by Crippen LogP contribution is -2.43. The van der Waals surface area contributed by atoms with Gasteiger partial charge in [-0.2, -0.15) is 0 Å². The number of likely N-dealkylation sites (tertiary alicyclic amines) is 1. The van der Waals surface area contributed by atoms with E-state index in [9.17, 15) is 9.59 Å². The standard InChI is InChI=1S/C23H33ClN2O4/c1-25(2)22(27)19-9-8-18(16-20(19)24)29-14-4-3-6-17-10-12-26(13-11-17)23(28)21-7-5-15-30-21/h8-9,16-17,21H,3-7,10-15H2,1-2H3. The molecule has 7 heteroatoms. The molecule has 1 aromatic carbocycles. The predicted molar refractivity (Wildman–Crippen MR) is 117 cm³/mol. The van der Waals surface area contributed by atoms with Crippen molar-refractivity contribution in [1.82, 2.24) is 9.80 Å². The molecule has 30 heavy (non-hydrogen) atoms. The van der Waals surface area contributed by atoms with Crippen LogP contribution in [0.3, 0.4) is 0 Å². The molecule has 1 aromatic rings. The van der Waals surface area contributed by atoms with Crippen molar-refractivity contribution in [3.63, 3.8) is 0 Å². The number of unbranched alkanes of at least 4 members (excludes halogenated alkanes) is 1. The molecule has 2 fully saturated rings. The molecule has 3 rings (SSSR count). The summed E-state index contributed by atoms with van der Waals surface area (Å²) in [6, 6.07) is 5.22. The highest BCUT2D eigenvalue weighted by Gasteiger charge is 2.30. The zero-order chi connectivity index (χ0) is 21.5. The van der Waals surface area contributed by atoms with Crippen LogP contribution in [0.2, 0.25) is 5.02 Å². The Hall–Kier alpha value is -1.79. The summed E-state index contributed by atoms with van der Waals surface area (Å²) in [5.41, 5.74) is 0.485. The predicted octanol–water partition coefficient (Wildman–Crippen LogP) is 4.01. The molecule has 166 valence electrons. The molecule has 0 aliphatic carbocycles. The van der Waals surface area contributed by atoms with Gasteiger partial charge in [-0.05, 0) is 62.6 Å². The number of nitrogens with zero attached hydrogens (tertiary/aromatic N) is 2. The van der Waals surface area contributed by atoms with E-state index in [-0.39, 0.29) is 17.9 Å². The molecular weight excluding hydrogens is 404 g/mol. The van der Waals surface area contributed by atoms with Crippen LogP contribution in [0.15, 0.2) is 18.2 Å². The van der Waals surface area contributed by atoms with Gasteiger partial charge in [0.2, 0.25) is 0 Å². The van der Waals surface area contributed by atoms with Crippen LogP contribution in [0.1, 0.15) is 55.3 Å². The lowest BCUT2D eigenvalue weighted by molar-refractivity contribution is -0.142. The van der Waals surface area contributed by atoms with Crippen LogP contribution in [0.25, 0.3) is 0 Å². The summed E-state index contributed by atoms with van der Waals surface area (Å²) in [5, 5.41) is 0.413. The SMILES string of the molecule is CN(C)C(=O)c1ccc(OCCCCC2CCN(C(=O)C3CCCO3)CC2)cc1Cl. The van der Waals surface area contributed by atoms with Crippen LogP contribution >= 0.6 is 11.6 Å². The van der Waals surface area contributed by atoms with Gasteiger partial charge in [0.15, 0.2) is 0 Å². The summed E-state index contributed by atoms with van der Waals surface area (Å²) in [5.74, 6) is 1.45. The molecule has 2 heterocycles. The minimum Gasteiger partial charge on any atom is -0.494 e. The second kappa shape index (κ2) is 11.0. The van der Waals surface area contributed by atoms with Crippen LogP contribution in [0.4, 0.5) is 0 Å². The van der Waals surface area contributed by atoms with E-state index < -0.39 is 0 Å². The van der Waals surface area contributed by atoms with Gasteiger partial charge in [-0.3, -0.25) is 9.59 Å². The molecule has 1 unspecified atom stereocenters. The molecule has 6 nitrogen and oxygen atoms in total. The molecule has 2 aliphatic heterocycles. The van der Waals surface area contributed by atoms with Gasteiger partial charge in [-0.25, -0.2) is 0 Å². The topological polar surface area (TPSA) is 59.1 Å². The third-order valence-electron chi connectivity index (χ3n) is 5.98. The van der Waals surface area contributed by atoms with E-state index in [2.05, 4.69) is 0 Å². The zero-order valence-electron chi connectivity index (χ0n) is 18.1. The van der Waals surface area contributed by atoms with Crippen molar-refractivity contribution < 1.29 is 19.1 Å². The van der Waals surface area contributed by atoms with Gasteiger partial charge in [-0.1, -0.05) is 18.0 Å². The fraction of sp³-hybridized carbons (Fsp3) is 0.652. The number of amides is 2. The van der Waals surface area contributed by atoms with Gasteiger partial charge < -0.3 is 19.3 Å². The van der Waals surface area contributed by atoms with E-state index in [0.29, 0.717) is 28.9 Å². The van der Waals surface area contributed by atoms with Crippen LogP contribution in [-0.4, -0.2) is 68.1 Å². The van der Waals surface area contributed by atoms with E-state index in [1.165, 1.54) is 11.3 Å². The number of benzene rings is 1. The molecule has 0 N–H and O–H groups in total. The monoisotopic (exact) mass is 436 g/mol. The van der Waals surface area contributed by atoms with Gasteiger partial charge >= 0.3 is 0 Å². The molecule has 0 aromatic heterocycles. The number of rotatable bonds is 8. The van der Waals surface area contributed by atoms with Crippen LogP contribution < -0.4 is 4.74 Å². The summed E-state index contributed by atoms with van der Waals surface area (Å²) in [7, 11) is 3.41. The number of halogens is 1. The summed E-state index contributed by atoms with van der Waals surface area (Å²) in [6.45, 7) is 3.07. The number of hydrogen-bond acceptors (Lipinski definition) is 4. The van der Waals surface area contributed by atoms with Crippen LogP contribution in [-0.2, 0) is 9.53 Å². The fourth-order valence-electron chi connectivity index (χ4n) is 4.14.